The molecule has 0 aliphatic carbocycles. The van der Waals surface area contributed by atoms with E-state index in [1.54, 1.807) is 32.0 Å². The SMILES string of the molecule is COc1ccc(CCNC(=O)CCn2c(C)nc3c(cnn3C(C)(C)C)c2=O)cc1OC. The molecule has 32 heavy (non-hydrogen) atoms. The fourth-order valence-electron chi connectivity index (χ4n) is 3.54. The normalized spacial score (nSPS) is 11.6. The zero-order valence-electron chi connectivity index (χ0n) is 19.6. The first-order chi connectivity index (χ1) is 15.2. The zero-order chi connectivity index (χ0) is 23.5. The Morgan fingerprint density at radius 2 is 1.88 bits per heavy atom. The highest BCUT2D eigenvalue weighted by Crippen LogP contribution is 2.27. The lowest BCUT2D eigenvalue weighted by atomic mass is 10.1. The van der Waals surface area contributed by atoms with Crippen LogP contribution in [0.15, 0.2) is 29.2 Å². The van der Waals surface area contributed by atoms with Crippen LogP contribution < -0.4 is 20.3 Å². The third-order valence-corrected chi connectivity index (χ3v) is 5.26. The number of rotatable bonds is 8. The molecule has 0 spiro atoms. The van der Waals surface area contributed by atoms with Gasteiger partial charge in [0, 0.05) is 19.5 Å². The lowest BCUT2D eigenvalue weighted by molar-refractivity contribution is -0.121. The van der Waals surface area contributed by atoms with Crippen molar-refractivity contribution in [2.75, 3.05) is 20.8 Å². The monoisotopic (exact) mass is 441 g/mol. The number of ether oxygens (including phenoxy) is 2. The van der Waals surface area contributed by atoms with Gasteiger partial charge in [-0.05, 0) is 51.8 Å². The zero-order valence-corrected chi connectivity index (χ0v) is 19.6. The van der Waals surface area contributed by atoms with E-state index in [9.17, 15) is 9.59 Å². The average molecular weight is 442 g/mol. The molecule has 0 saturated heterocycles. The Kier molecular flexibility index (Phi) is 6.86. The molecular weight excluding hydrogens is 410 g/mol. The summed E-state index contributed by atoms with van der Waals surface area (Å²) in [6.45, 7) is 8.54. The van der Waals surface area contributed by atoms with Crippen molar-refractivity contribution in [2.24, 2.45) is 0 Å². The van der Waals surface area contributed by atoms with Crippen molar-refractivity contribution in [3.8, 4) is 11.5 Å². The smallest absolute Gasteiger partial charge is 0.264 e. The van der Waals surface area contributed by atoms with Crippen LogP contribution in [0.4, 0.5) is 0 Å². The van der Waals surface area contributed by atoms with Gasteiger partial charge in [-0.1, -0.05) is 6.07 Å². The van der Waals surface area contributed by atoms with Crippen LogP contribution in [0.2, 0.25) is 0 Å². The summed E-state index contributed by atoms with van der Waals surface area (Å²) in [7, 11) is 3.18. The van der Waals surface area contributed by atoms with Gasteiger partial charge < -0.3 is 14.8 Å². The molecule has 1 N–H and O–H groups in total. The van der Waals surface area contributed by atoms with Gasteiger partial charge in [-0.3, -0.25) is 14.2 Å². The highest BCUT2D eigenvalue weighted by Gasteiger charge is 2.21. The molecule has 1 aromatic carbocycles. The van der Waals surface area contributed by atoms with E-state index in [1.807, 2.05) is 39.0 Å². The van der Waals surface area contributed by atoms with Crippen molar-refractivity contribution >= 4 is 16.9 Å². The van der Waals surface area contributed by atoms with Gasteiger partial charge in [-0.15, -0.1) is 0 Å². The standard InChI is InChI=1S/C23H31N5O4/c1-15-26-21-17(14-25-28(21)23(2,3)4)22(30)27(15)12-10-20(29)24-11-9-16-7-8-18(31-5)19(13-16)32-6/h7-8,13-14H,9-12H2,1-6H3,(H,24,29). The predicted molar refractivity (Wildman–Crippen MR) is 122 cm³/mol. The van der Waals surface area contributed by atoms with Gasteiger partial charge >= 0.3 is 0 Å². The second kappa shape index (κ2) is 9.42. The average Bonchev–Trinajstić information content (AvgIpc) is 3.17. The van der Waals surface area contributed by atoms with Crippen LogP contribution in [0.5, 0.6) is 11.5 Å². The number of benzene rings is 1. The molecule has 0 bridgehead atoms. The van der Waals surface area contributed by atoms with Gasteiger partial charge in [-0.2, -0.15) is 5.10 Å². The van der Waals surface area contributed by atoms with Crippen molar-refractivity contribution < 1.29 is 14.3 Å². The van der Waals surface area contributed by atoms with E-state index in [2.05, 4.69) is 15.4 Å². The molecule has 9 heteroatoms. The summed E-state index contributed by atoms with van der Waals surface area (Å²) in [6, 6.07) is 5.68. The molecule has 0 radical (unpaired) electrons. The summed E-state index contributed by atoms with van der Waals surface area (Å²) in [5.74, 6) is 1.76. The lowest BCUT2D eigenvalue weighted by Crippen LogP contribution is -2.30. The number of amides is 1. The number of hydrogen-bond acceptors (Lipinski definition) is 6. The molecule has 2 aromatic heterocycles. The molecule has 172 valence electrons. The highest BCUT2D eigenvalue weighted by molar-refractivity contribution is 5.76. The van der Waals surface area contributed by atoms with Gasteiger partial charge in [0.15, 0.2) is 17.1 Å². The third kappa shape index (κ3) is 4.92. The number of aromatic nitrogens is 4. The Hall–Kier alpha value is -3.36. The molecule has 9 nitrogen and oxygen atoms in total. The lowest BCUT2D eigenvalue weighted by Gasteiger charge is -2.20. The minimum absolute atomic E-state index is 0.123. The number of methoxy groups -OCH3 is 2. The molecule has 3 rings (SSSR count). The predicted octanol–water partition coefficient (Wildman–Crippen LogP) is 2.42. The molecule has 0 saturated carbocycles. The Morgan fingerprint density at radius 1 is 1.16 bits per heavy atom. The molecular formula is C23H31N5O4. The number of fused-ring (bicyclic) bond motifs is 1. The van der Waals surface area contributed by atoms with E-state index < -0.39 is 0 Å². The van der Waals surface area contributed by atoms with Gasteiger partial charge in [0.1, 0.15) is 11.2 Å². The number of carbonyl (C=O) groups is 1. The van der Waals surface area contributed by atoms with E-state index in [0.717, 1.165) is 5.56 Å². The summed E-state index contributed by atoms with van der Waals surface area (Å²) in [6.07, 6.45) is 2.40. The Balaban J connectivity index is 1.61. The van der Waals surface area contributed by atoms with Crippen LogP contribution in [0.25, 0.3) is 11.0 Å². The number of nitrogens with one attached hydrogen (secondary N) is 1. The summed E-state index contributed by atoms with van der Waals surface area (Å²) >= 11 is 0. The maximum absolute atomic E-state index is 12.9. The number of nitrogens with zero attached hydrogens (tertiary/aromatic N) is 4. The van der Waals surface area contributed by atoms with Gasteiger partial charge in [-0.25, -0.2) is 9.67 Å². The fourth-order valence-corrected chi connectivity index (χ4v) is 3.54. The van der Waals surface area contributed by atoms with Crippen LogP contribution >= 0.6 is 0 Å². The number of hydrogen-bond donors (Lipinski definition) is 1. The number of aryl methyl sites for hydroxylation is 1. The summed E-state index contributed by atoms with van der Waals surface area (Å²) in [5, 5.41) is 7.70. The van der Waals surface area contributed by atoms with Crippen LogP contribution in [-0.2, 0) is 23.3 Å². The van der Waals surface area contributed by atoms with Gasteiger partial charge in [0.2, 0.25) is 5.91 Å². The van der Waals surface area contributed by atoms with E-state index in [0.29, 0.717) is 41.3 Å². The minimum Gasteiger partial charge on any atom is -0.493 e. The first kappa shape index (κ1) is 23.3. The minimum atomic E-state index is -0.284. The van der Waals surface area contributed by atoms with Crippen molar-refractivity contribution in [3.63, 3.8) is 0 Å². The molecule has 2 heterocycles. The Bertz CT molecular complexity index is 1170. The van der Waals surface area contributed by atoms with Gasteiger partial charge in [0.25, 0.3) is 5.56 Å². The van der Waals surface area contributed by atoms with Crippen LogP contribution in [0.1, 0.15) is 38.6 Å². The van der Waals surface area contributed by atoms with Crippen LogP contribution in [0, 0.1) is 6.92 Å². The van der Waals surface area contributed by atoms with Crippen molar-refractivity contribution in [2.45, 2.75) is 52.6 Å². The maximum Gasteiger partial charge on any atom is 0.264 e. The van der Waals surface area contributed by atoms with E-state index in [4.69, 9.17) is 9.47 Å². The van der Waals surface area contributed by atoms with Gasteiger partial charge in [0.05, 0.1) is 26.0 Å². The summed E-state index contributed by atoms with van der Waals surface area (Å²) < 4.78 is 13.8. The second-order valence-electron chi connectivity index (χ2n) is 8.62. The van der Waals surface area contributed by atoms with Crippen molar-refractivity contribution in [3.05, 3.63) is 46.1 Å². The van der Waals surface area contributed by atoms with E-state index >= 15 is 0 Å². The second-order valence-corrected chi connectivity index (χ2v) is 8.62. The van der Waals surface area contributed by atoms with Crippen LogP contribution in [0.3, 0.4) is 0 Å². The molecule has 0 fully saturated rings. The Morgan fingerprint density at radius 3 is 2.53 bits per heavy atom. The van der Waals surface area contributed by atoms with E-state index in [-0.39, 0.29) is 30.0 Å². The fraction of sp³-hybridized carbons (Fsp3) is 0.478. The molecule has 0 unspecified atom stereocenters. The van der Waals surface area contributed by atoms with Crippen molar-refractivity contribution in [1.29, 1.82) is 0 Å². The molecule has 1 amide bonds. The maximum atomic E-state index is 12.9. The first-order valence-corrected chi connectivity index (χ1v) is 10.6. The van der Waals surface area contributed by atoms with E-state index in [1.165, 1.54) is 4.57 Å². The summed E-state index contributed by atoms with van der Waals surface area (Å²) in [4.78, 5) is 29.9. The highest BCUT2D eigenvalue weighted by atomic mass is 16.5. The topological polar surface area (TPSA) is 100 Å². The molecule has 3 aromatic rings. The largest absolute Gasteiger partial charge is 0.493 e. The molecule has 0 aliphatic heterocycles. The van der Waals surface area contributed by atoms with Crippen LogP contribution in [-0.4, -0.2) is 46.0 Å². The van der Waals surface area contributed by atoms with Crippen molar-refractivity contribution in [1.82, 2.24) is 24.6 Å². The first-order valence-electron chi connectivity index (χ1n) is 10.6. The number of carbonyl (C=O) groups excluding carboxylic acids is 1. The quantitative estimate of drug-likeness (QED) is 0.576. The third-order valence-electron chi connectivity index (χ3n) is 5.26. The molecule has 0 aliphatic rings. The Labute approximate surface area is 187 Å². The molecule has 0 atom stereocenters. The summed E-state index contributed by atoms with van der Waals surface area (Å²) in [5.41, 5.74) is 1.13.